The standard InChI is InChI=1S/C21H27Cl/c1-16(2)21(20(3,4)5,15-17-9-7-6-8-10-17)18-11-13-19(22)14-12-18/h6-14,16H,15H2,1-5H3. The maximum atomic E-state index is 6.12. The molecule has 0 bridgehead atoms. The molecule has 1 atom stereocenters. The summed E-state index contributed by atoms with van der Waals surface area (Å²) in [6, 6.07) is 19.3. The molecule has 0 saturated heterocycles. The van der Waals surface area contributed by atoms with E-state index in [0.717, 1.165) is 11.4 Å². The maximum Gasteiger partial charge on any atom is 0.0406 e. The number of benzene rings is 2. The quantitative estimate of drug-likeness (QED) is 0.602. The Bertz CT molecular complexity index is 590. The zero-order valence-electron chi connectivity index (χ0n) is 14.4. The van der Waals surface area contributed by atoms with Gasteiger partial charge < -0.3 is 0 Å². The summed E-state index contributed by atoms with van der Waals surface area (Å²) in [7, 11) is 0. The third kappa shape index (κ3) is 3.22. The number of hydrogen-bond acceptors (Lipinski definition) is 0. The smallest absolute Gasteiger partial charge is 0.0406 e. The van der Waals surface area contributed by atoms with Crippen molar-refractivity contribution in [1.82, 2.24) is 0 Å². The van der Waals surface area contributed by atoms with Crippen molar-refractivity contribution in [2.24, 2.45) is 11.3 Å². The van der Waals surface area contributed by atoms with Gasteiger partial charge in [0.1, 0.15) is 0 Å². The third-order valence-corrected chi connectivity index (χ3v) is 5.26. The van der Waals surface area contributed by atoms with Gasteiger partial charge in [-0.15, -0.1) is 0 Å². The van der Waals surface area contributed by atoms with Gasteiger partial charge in [0.15, 0.2) is 0 Å². The molecule has 0 radical (unpaired) electrons. The van der Waals surface area contributed by atoms with Crippen molar-refractivity contribution in [2.45, 2.75) is 46.5 Å². The van der Waals surface area contributed by atoms with Crippen molar-refractivity contribution in [3.8, 4) is 0 Å². The highest BCUT2D eigenvalue weighted by atomic mass is 35.5. The molecular formula is C21H27Cl. The van der Waals surface area contributed by atoms with Crippen molar-refractivity contribution in [3.05, 3.63) is 70.7 Å². The average Bonchev–Trinajstić information content (AvgIpc) is 2.45. The zero-order valence-corrected chi connectivity index (χ0v) is 15.1. The minimum absolute atomic E-state index is 0.0684. The molecule has 0 amide bonds. The van der Waals surface area contributed by atoms with Gasteiger partial charge in [0.05, 0.1) is 0 Å². The van der Waals surface area contributed by atoms with Crippen LogP contribution in [-0.2, 0) is 11.8 Å². The van der Waals surface area contributed by atoms with Gasteiger partial charge in [-0.05, 0) is 41.0 Å². The molecule has 0 nitrogen and oxygen atoms in total. The molecule has 0 fully saturated rings. The first-order valence-electron chi connectivity index (χ1n) is 8.07. The Kier molecular flexibility index (Phi) is 5.02. The molecule has 2 rings (SSSR count). The first kappa shape index (κ1) is 17.1. The first-order chi connectivity index (χ1) is 10.3. The lowest BCUT2D eigenvalue weighted by atomic mass is 9.55. The van der Waals surface area contributed by atoms with Crippen molar-refractivity contribution < 1.29 is 0 Å². The van der Waals surface area contributed by atoms with Crippen LogP contribution in [0.3, 0.4) is 0 Å². The van der Waals surface area contributed by atoms with Gasteiger partial charge in [-0.25, -0.2) is 0 Å². The lowest BCUT2D eigenvalue weighted by Gasteiger charge is -2.49. The minimum Gasteiger partial charge on any atom is -0.0843 e. The summed E-state index contributed by atoms with van der Waals surface area (Å²) in [4.78, 5) is 0. The molecule has 0 aliphatic carbocycles. The largest absolute Gasteiger partial charge is 0.0843 e. The molecule has 2 aromatic rings. The fraction of sp³-hybridized carbons (Fsp3) is 0.429. The summed E-state index contributed by atoms with van der Waals surface area (Å²) in [5.74, 6) is 0.522. The second kappa shape index (κ2) is 6.46. The van der Waals surface area contributed by atoms with Crippen molar-refractivity contribution in [3.63, 3.8) is 0 Å². The Morgan fingerprint density at radius 2 is 1.41 bits per heavy atom. The maximum absolute atomic E-state index is 6.12. The SMILES string of the molecule is CC(C)C(Cc1ccccc1)(c1ccc(Cl)cc1)C(C)(C)C. The molecule has 22 heavy (non-hydrogen) atoms. The molecule has 0 heterocycles. The summed E-state index contributed by atoms with van der Waals surface area (Å²) in [5.41, 5.74) is 2.98. The summed E-state index contributed by atoms with van der Waals surface area (Å²) < 4.78 is 0. The molecule has 118 valence electrons. The molecule has 1 heteroatoms. The minimum atomic E-state index is 0.0684. The number of rotatable bonds is 4. The van der Waals surface area contributed by atoms with Gasteiger partial charge in [-0.2, -0.15) is 0 Å². The first-order valence-corrected chi connectivity index (χ1v) is 8.45. The predicted molar refractivity (Wildman–Crippen MR) is 97.6 cm³/mol. The second-order valence-electron chi connectivity index (χ2n) is 7.55. The van der Waals surface area contributed by atoms with E-state index in [1.54, 1.807) is 0 Å². The molecule has 0 aliphatic rings. The van der Waals surface area contributed by atoms with Crippen LogP contribution >= 0.6 is 11.6 Å². The third-order valence-electron chi connectivity index (χ3n) is 5.01. The van der Waals surface area contributed by atoms with Crippen LogP contribution in [0.2, 0.25) is 5.02 Å². The van der Waals surface area contributed by atoms with E-state index in [1.165, 1.54) is 11.1 Å². The normalized spacial score (nSPS) is 14.9. The Labute approximate surface area is 140 Å². The molecule has 0 aliphatic heterocycles. The number of halogens is 1. The number of hydrogen-bond donors (Lipinski definition) is 0. The average molecular weight is 315 g/mol. The van der Waals surface area contributed by atoms with Crippen LogP contribution < -0.4 is 0 Å². The highest BCUT2D eigenvalue weighted by Crippen LogP contribution is 2.49. The summed E-state index contributed by atoms with van der Waals surface area (Å²) in [5, 5.41) is 0.801. The summed E-state index contributed by atoms with van der Waals surface area (Å²) in [6.45, 7) is 11.7. The van der Waals surface area contributed by atoms with E-state index in [9.17, 15) is 0 Å². The van der Waals surface area contributed by atoms with Gasteiger partial charge >= 0.3 is 0 Å². The molecule has 2 aromatic carbocycles. The lowest BCUT2D eigenvalue weighted by molar-refractivity contribution is 0.120. The van der Waals surface area contributed by atoms with Gasteiger partial charge in [-0.1, -0.05) is 88.7 Å². The summed E-state index contributed by atoms with van der Waals surface area (Å²) >= 11 is 6.12. The topological polar surface area (TPSA) is 0 Å². The van der Waals surface area contributed by atoms with Crippen LogP contribution in [0, 0.1) is 11.3 Å². The van der Waals surface area contributed by atoms with E-state index in [2.05, 4.69) is 77.1 Å². The van der Waals surface area contributed by atoms with E-state index in [1.807, 2.05) is 12.1 Å². The fourth-order valence-corrected chi connectivity index (χ4v) is 3.99. The highest BCUT2D eigenvalue weighted by Gasteiger charge is 2.45. The van der Waals surface area contributed by atoms with Crippen LogP contribution in [0.15, 0.2) is 54.6 Å². The fourth-order valence-electron chi connectivity index (χ4n) is 3.87. The van der Waals surface area contributed by atoms with E-state index < -0.39 is 0 Å². The van der Waals surface area contributed by atoms with E-state index in [0.29, 0.717) is 5.92 Å². The van der Waals surface area contributed by atoms with Crippen molar-refractivity contribution in [2.75, 3.05) is 0 Å². The van der Waals surface area contributed by atoms with E-state index in [-0.39, 0.29) is 10.8 Å². The Morgan fingerprint density at radius 1 is 0.864 bits per heavy atom. The molecule has 0 aromatic heterocycles. The van der Waals surface area contributed by atoms with E-state index >= 15 is 0 Å². The van der Waals surface area contributed by atoms with E-state index in [4.69, 9.17) is 11.6 Å². The van der Waals surface area contributed by atoms with Crippen LogP contribution in [-0.4, -0.2) is 0 Å². The lowest BCUT2D eigenvalue weighted by Crippen LogP contribution is -2.46. The molecular weight excluding hydrogens is 288 g/mol. The molecule has 0 N–H and O–H groups in total. The van der Waals surface area contributed by atoms with Crippen molar-refractivity contribution >= 4 is 11.6 Å². The van der Waals surface area contributed by atoms with Gasteiger partial charge in [0.25, 0.3) is 0 Å². The van der Waals surface area contributed by atoms with Crippen LogP contribution in [0.5, 0.6) is 0 Å². The molecule has 1 unspecified atom stereocenters. The Morgan fingerprint density at radius 3 is 1.86 bits per heavy atom. The van der Waals surface area contributed by atoms with Crippen molar-refractivity contribution in [1.29, 1.82) is 0 Å². The van der Waals surface area contributed by atoms with Gasteiger partial charge in [-0.3, -0.25) is 0 Å². The predicted octanol–water partition coefficient (Wildman–Crippen LogP) is 6.52. The summed E-state index contributed by atoms with van der Waals surface area (Å²) in [6.07, 6.45) is 1.04. The highest BCUT2D eigenvalue weighted by molar-refractivity contribution is 6.30. The second-order valence-corrected chi connectivity index (χ2v) is 7.98. The molecule has 0 spiro atoms. The monoisotopic (exact) mass is 314 g/mol. The Hall–Kier alpha value is -1.27. The molecule has 0 saturated carbocycles. The Balaban J connectivity index is 2.59. The van der Waals surface area contributed by atoms with Crippen LogP contribution in [0.1, 0.15) is 45.7 Å². The van der Waals surface area contributed by atoms with Crippen LogP contribution in [0.4, 0.5) is 0 Å². The van der Waals surface area contributed by atoms with Gasteiger partial charge in [0, 0.05) is 10.4 Å². The van der Waals surface area contributed by atoms with Gasteiger partial charge in [0.2, 0.25) is 0 Å². The van der Waals surface area contributed by atoms with Crippen LogP contribution in [0.25, 0.3) is 0 Å². The zero-order chi connectivity index (χ0) is 16.4.